The first kappa shape index (κ1) is 25.2. The third-order valence-corrected chi connectivity index (χ3v) is 7.71. The molecule has 2 amide bonds. The molecule has 1 fully saturated rings. The fourth-order valence-electron chi connectivity index (χ4n) is 4.21. The summed E-state index contributed by atoms with van der Waals surface area (Å²) in [5.74, 6) is -2.68. The first-order valence-electron chi connectivity index (χ1n) is 11.2. The second-order valence-electron chi connectivity index (χ2n) is 8.10. The van der Waals surface area contributed by atoms with E-state index in [0.29, 0.717) is 16.9 Å². The minimum Gasteiger partial charge on any atom is -0.543 e. The van der Waals surface area contributed by atoms with Gasteiger partial charge >= 0.3 is 0 Å². The standard InChI is InChI=1S/C22H19N9O5S2/c1-2-36-27-14(17-26-22(24)38-28-17)18(32)25-15-19(33)31-16(21(34)35)11(10-37-20(15)31)8-29-9-12(7-23)30-6-4-3-5-13(29)30/h3-6,9,15,20H,2,8,10H2,1H3,(H3-,24,25,26,28,32,34,35)/b27-14+/t15-,20-/m1/s1. The zero-order chi connectivity index (χ0) is 27.0. The van der Waals surface area contributed by atoms with E-state index in [4.69, 9.17) is 10.6 Å². The van der Waals surface area contributed by atoms with Crippen molar-refractivity contribution in [3.8, 4) is 6.07 Å². The number of carboxylic acids is 1. The molecule has 3 aromatic heterocycles. The number of nitrogens with zero attached hydrogens (tertiary/aromatic N) is 7. The first-order valence-corrected chi connectivity index (χ1v) is 13.0. The van der Waals surface area contributed by atoms with Crippen molar-refractivity contribution in [1.82, 2.24) is 24.0 Å². The molecule has 194 valence electrons. The summed E-state index contributed by atoms with van der Waals surface area (Å²) in [4.78, 5) is 48.3. The Morgan fingerprint density at radius 2 is 2.26 bits per heavy atom. The third kappa shape index (κ3) is 4.31. The molecule has 2 aliphatic heterocycles. The number of nitriles is 1. The molecule has 0 radical (unpaired) electrons. The smallest absolute Gasteiger partial charge is 0.287 e. The maximum Gasteiger partial charge on any atom is 0.287 e. The average molecular weight is 554 g/mol. The molecule has 0 aromatic carbocycles. The van der Waals surface area contributed by atoms with Crippen LogP contribution in [0.4, 0.5) is 5.13 Å². The van der Waals surface area contributed by atoms with Crippen LogP contribution < -0.4 is 20.7 Å². The van der Waals surface area contributed by atoms with Gasteiger partial charge in [0.1, 0.15) is 36.8 Å². The Hall–Kier alpha value is -4.49. The van der Waals surface area contributed by atoms with Gasteiger partial charge in [0, 0.05) is 28.9 Å². The van der Waals surface area contributed by atoms with Crippen molar-refractivity contribution >= 4 is 57.6 Å². The fourth-order valence-corrected chi connectivity index (χ4v) is 5.98. The molecule has 0 unspecified atom stereocenters. The van der Waals surface area contributed by atoms with Gasteiger partial charge in [-0.05, 0) is 13.0 Å². The van der Waals surface area contributed by atoms with E-state index in [9.17, 15) is 24.8 Å². The molecule has 1 saturated heterocycles. The number of anilines is 1. The zero-order valence-electron chi connectivity index (χ0n) is 19.7. The number of imidazole rings is 1. The van der Waals surface area contributed by atoms with Gasteiger partial charge in [-0.2, -0.15) is 19.0 Å². The Morgan fingerprint density at radius 1 is 1.45 bits per heavy atom. The lowest BCUT2D eigenvalue weighted by atomic mass is 10.0. The number of aliphatic carboxylic acids is 1. The lowest BCUT2D eigenvalue weighted by molar-refractivity contribution is -0.662. The number of carboxylic acid groups (broad SMARTS) is 1. The van der Waals surface area contributed by atoms with Gasteiger partial charge in [-0.1, -0.05) is 11.2 Å². The lowest BCUT2D eigenvalue weighted by Gasteiger charge is -2.50. The van der Waals surface area contributed by atoms with Crippen molar-refractivity contribution in [3.63, 3.8) is 0 Å². The van der Waals surface area contributed by atoms with Crippen LogP contribution in [0.25, 0.3) is 5.65 Å². The molecule has 0 bridgehead atoms. The van der Waals surface area contributed by atoms with E-state index in [-0.39, 0.29) is 41.3 Å². The van der Waals surface area contributed by atoms with Crippen LogP contribution in [0.5, 0.6) is 0 Å². The van der Waals surface area contributed by atoms with Gasteiger partial charge in [0.15, 0.2) is 5.13 Å². The molecule has 38 heavy (non-hydrogen) atoms. The molecule has 3 aromatic rings. The molecule has 16 heteroatoms. The SMILES string of the molecule is CCO/N=C(/C(=O)N[C@@H]1C(=O)N2C(C(=O)[O-])=C(C[n+]3cc(C#N)n4ccccc43)CS[C@H]12)c1nsc(N)n1. The van der Waals surface area contributed by atoms with Crippen LogP contribution in [0, 0.1) is 11.3 Å². The van der Waals surface area contributed by atoms with Crippen LogP contribution in [0.1, 0.15) is 18.4 Å². The predicted molar refractivity (Wildman–Crippen MR) is 132 cm³/mol. The van der Waals surface area contributed by atoms with Crippen molar-refractivity contribution in [2.75, 3.05) is 18.1 Å². The first-order chi connectivity index (χ1) is 18.3. The number of nitrogens with one attached hydrogen (secondary N) is 1. The van der Waals surface area contributed by atoms with Crippen LogP contribution in [-0.4, -0.2) is 65.9 Å². The molecular formula is C22H19N9O5S2. The highest BCUT2D eigenvalue weighted by molar-refractivity contribution is 8.00. The number of oxime groups is 1. The maximum absolute atomic E-state index is 13.1. The van der Waals surface area contributed by atoms with Crippen LogP contribution in [-0.2, 0) is 25.8 Å². The number of pyridine rings is 1. The number of thioether (sulfide) groups is 1. The van der Waals surface area contributed by atoms with E-state index < -0.39 is 29.2 Å². The summed E-state index contributed by atoms with van der Waals surface area (Å²) >= 11 is 2.17. The van der Waals surface area contributed by atoms with E-state index in [1.807, 2.05) is 0 Å². The van der Waals surface area contributed by atoms with Crippen molar-refractivity contribution in [2.24, 2.45) is 5.16 Å². The maximum atomic E-state index is 13.1. The zero-order valence-corrected chi connectivity index (χ0v) is 21.4. The highest BCUT2D eigenvalue weighted by Crippen LogP contribution is 2.40. The number of carbonyl (C=O) groups excluding carboxylic acids is 3. The number of nitrogen functional groups attached to an aromatic ring is 1. The topological polar surface area (TPSA) is 195 Å². The van der Waals surface area contributed by atoms with Crippen molar-refractivity contribution < 1.29 is 28.9 Å². The van der Waals surface area contributed by atoms with Gasteiger partial charge in [0.2, 0.25) is 17.2 Å². The van der Waals surface area contributed by atoms with Crippen molar-refractivity contribution in [2.45, 2.75) is 24.9 Å². The highest BCUT2D eigenvalue weighted by atomic mass is 32.2. The Bertz CT molecular complexity index is 1570. The number of rotatable bonds is 8. The van der Waals surface area contributed by atoms with E-state index in [2.05, 4.69) is 25.9 Å². The summed E-state index contributed by atoms with van der Waals surface area (Å²) in [6.07, 6.45) is 3.35. The summed E-state index contributed by atoms with van der Waals surface area (Å²) in [6.45, 7) is 1.98. The Balaban J connectivity index is 1.39. The summed E-state index contributed by atoms with van der Waals surface area (Å²) < 4.78 is 7.40. The summed E-state index contributed by atoms with van der Waals surface area (Å²) in [5.41, 5.74) is 6.61. The van der Waals surface area contributed by atoms with E-state index in [1.165, 1.54) is 11.8 Å². The van der Waals surface area contributed by atoms with Gasteiger partial charge in [-0.3, -0.25) is 14.5 Å². The molecule has 5 rings (SSSR count). The third-order valence-electron chi connectivity index (χ3n) is 5.83. The molecule has 0 spiro atoms. The Labute approximate surface area is 223 Å². The summed E-state index contributed by atoms with van der Waals surface area (Å²) in [7, 11) is 0. The second kappa shape index (κ2) is 10.1. The van der Waals surface area contributed by atoms with Gasteiger partial charge in [0.25, 0.3) is 17.5 Å². The summed E-state index contributed by atoms with van der Waals surface area (Å²) in [5, 5.41) is 27.4. The highest BCUT2D eigenvalue weighted by Gasteiger charge is 2.53. The number of carbonyl (C=O) groups is 3. The van der Waals surface area contributed by atoms with E-state index in [0.717, 1.165) is 16.4 Å². The van der Waals surface area contributed by atoms with Crippen LogP contribution in [0.15, 0.2) is 47.0 Å². The van der Waals surface area contributed by atoms with Crippen LogP contribution in [0.2, 0.25) is 0 Å². The normalized spacial score (nSPS) is 19.1. The van der Waals surface area contributed by atoms with Gasteiger partial charge in [-0.25, -0.2) is 4.57 Å². The minimum absolute atomic E-state index is 0.0514. The molecule has 0 saturated carbocycles. The van der Waals surface area contributed by atoms with Gasteiger partial charge in [0.05, 0.1) is 17.9 Å². The van der Waals surface area contributed by atoms with Crippen molar-refractivity contribution in [1.29, 1.82) is 5.26 Å². The fraction of sp³-hybridized carbons (Fsp3) is 0.273. The van der Waals surface area contributed by atoms with E-state index in [1.54, 1.807) is 46.5 Å². The molecule has 5 heterocycles. The molecule has 2 aliphatic rings. The molecule has 0 aliphatic carbocycles. The number of amides is 2. The second-order valence-corrected chi connectivity index (χ2v) is 9.99. The number of β-lactam (4-membered cyclic amide) rings is 1. The lowest BCUT2D eigenvalue weighted by Crippen LogP contribution is -2.71. The largest absolute Gasteiger partial charge is 0.543 e. The number of aromatic nitrogens is 4. The molecular weight excluding hydrogens is 534 g/mol. The molecule has 14 nitrogen and oxygen atoms in total. The van der Waals surface area contributed by atoms with Gasteiger partial charge < -0.3 is 25.8 Å². The van der Waals surface area contributed by atoms with Crippen molar-refractivity contribution in [3.05, 3.63) is 53.4 Å². The number of hydrogen-bond acceptors (Lipinski definition) is 12. The summed E-state index contributed by atoms with van der Waals surface area (Å²) in [6, 6.07) is 6.47. The number of hydrogen-bond donors (Lipinski definition) is 2. The van der Waals surface area contributed by atoms with E-state index >= 15 is 0 Å². The molecule has 2 atom stereocenters. The Kier molecular flexibility index (Phi) is 6.70. The predicted octanol–water partition coefficient (Wildman–Crippen LogP) is -1.62. The minimum atomic E-state index is -1.51. The molecule has 3 N–H and O–H groups in total. The average Bonchev–Trinajstić information content (AvgIpc) is 3.50. The Morgan fingerprint density at radius 3 is 2.95 bits per heavy atom. The van der Waals surface area contributed by atoms with Gasteiger partial charge in [-0.15, -0.1) is 11.8 Å². The number of nitrogens with two attached hydrogens (primary N) is 1. The van der Waals surface area contributed by atoms with Crippen LogP contribution in [0.3, 0.4) is 0 Å². The quantitative estimate of drug-likeness (QED) is 0.142. The monoisotopic (exact) mass is 553 g/mol. The van der Waals surface area contributed by atoms with Crippen LogP contribution >= 0.6 is 23.3 Å². The number of fused-ring (bicyclic) bond motifs is 2.